The van der Waals surface area contributed by atoms with Crippen molar-refractivity contribution in [3.8, 4) is 0 Å². The van der Waals surface area contributed by atoms with Gasteiger partial charge >= 0.3 is 0 Å². The van der Waals surface area contributed by atoms with Crippen molar-refractivity contribution in [2.75, 3.05) is 0 Å². The summed E-state index contributed by atoms with van der Waals surface area (Å²) in [6.07, 6.45) is 56.4. The Bertz CT molecular complexity index is 2600. The molecule has 96 heavy (non-hydrogen) atoms. The first-order valence-corrected chi connectivity index (χ1v) is 33.5. The molecule has 0 bridgehead atoms. The Balaban J connectivity index is 0.000000192. The highest BCUT2D eigenvalue weighted by Crippen LogP contribution is 2.24. The zero-order valence-electron chi connectivity index (χ0n) is 57.2. The minimum absolute atomic E-state index is 1.14. The minimum atomic E-state index is -3.17. The van der Waals surface area contributed by atoms with Crippen LogP contribution in [-0.4, -0.2) is 29.6 Å². The van der Waals surface area contributed by atoms with Crippen LogP contribution in [-0.2, 0) is 159 Å². The van der Waals surface area contributed by atoms with Gasteiger partial charge < -0.3 is 57.5 Å². The molecule has 8 aliphatic rings. The second-order valence-corrected chi connectivity index (χ2v) is 24.5. The van der Waals surface area contributed by atoms with Crippen LogP contribution in [0, 0.1) is 0 Å². The summed E-state index contributed by atoms with van der Waals surface area (Å²) >= 11 is 0. The zero-order valence-corrected chi connectivity index (χ0v) is 57.2. The van der Waals surface area contributed by atoms with E-state index in [1.165, 1.54) is 245 Å². The molecule has 0 spiro atoms. The fraction of sp³-hybridized carbons (Fsp3) is 0.625. The lowest BCUT2D eigenvalue weighted by Crippen LogP contribution is -2.39. The highest BCUT2D eigenvalue weighted by Gasteiger charge is 2.24. The quantitative estimate of drug-likeness (QED) is 0.0949. The number of halogens is 4. The molecule has 16 rings (SSSR count). The van der Waals surface area contributed by atoms with E-state index in [1.807, 2.05) is 56.4 Å². The Hall–Kier alpha value is -6.66. The number of nitrogens with zero attached hydrogens (tertiary/aromatic N) is 8. The molecule has 32 heteroatoms. The van der Waals surface area contributed by atoms with Crippen LogP contribution < -0.4 is 78.1 Å². The lowest BCUT2D eigenvalue weighted by atomic mass is 9.99. The van der Waals surface area contributed by atoms with Crippen molar-refractivity contribution < 1.29 is 132 Å². The van der Waals surface area contributed by atoms with Gasteiger partial charge in [0, 0.05) is 51.4 Å². The maximum absolute atomic E-state index is 9.89. The number of rotatable bonds is 0. The molecule has 0 saturated carbocycles. The van der Waals surface area contributed by atoms with Gasteiger partial charge in [0.25, 0.3) is 0 Å². The van der Waals surface area contributed by atoms with Crippen molar-refractivity contribution >= 4 is 29.6 Å². The highest BCUT2D eigenvalue weighted by molar-refractivity contribution is 6.27. The van der Waals surface area contributed by atoms with E-state index in [2.05, 4.69) is 49.6 Å². The first-order chi connectivity index (χ1) is 45.8. The molecule has 8 aromatic rings. The van der Waals surface area contributed by atoms with Gasteiger partial charge in [0.15, 0.2) is 102 Å². The smallest absolute Gasteiger partial charge is 0.222 e. The highest BCUT2D eigenvalue weighted by atomic mass is 19.1. The largest absolute Gasteiger partial charge is 0.867 e. The summed E-state index contributed by atoms with van der Waals surface area (Å²) in [7, 11) is 2.88. The molecule has 0 saturated heterocycles. The topological polar surface area (TPSA) is 321 Å². The number of hydrogen-bond donors (Lipinski definition) is 0. The average Bonchev–Trinajstić information content (AvgIpc) is 2.13. The molecule has 8 heterocycles. The van der Waals surface area contributed by atoms with Crippen molar-refractivity contribution in [3.63, 3.8) is 0 Å². The summed E-state index contributed by atoms with van der Waals surface area (Å²) in [6.45, 7) is 0. The number of aryl methyl sites for hydroxylation is 24. The Morgan fingerprint density at radius 3 is 0.375 bits per heavy atom. The summed E-state index contributed by atoms with van der Waals surface area (Å²) in [5.74, 6) is 9.62. The van der Waals surface area contributed by atoms with E-state index in [9.17, 15) is 17.3 Å². The van der Waals surface area contributed by atoms with Crippen molar-refractivity contribution in [1.82, 2.24) is 0 Å². The predicted molar refractivity (Wildman–Crippen MR) is 320 cm³/mol. The van der Waals surface area contributed by atoms with Gasteiger partial charge in [-0.05, 0) is 192 Å². The van der Waals surface area contributed by atoms with Gasteiger partial charge in [-0.2, -0.15) is 0 Å². The lowest BCUT2D eigenvalue weighted by Gasteiger charge is -2.09. The molecular weight excluding hydrogens is 1260 g/mol. The summed E-state index contributed by atoms with van der Waals surface area (Å²) in [6, 6.07) is 0. The zero-order chi connectivity index (χ0) is 70.1. The van der Waals surface area contributed by atoms with E-state index < -0.39 is 29.6 Å². The van der Waals surface area contributed by atoms with Gasteiger partial charge in [0.1, 0.15) is 29.6 Å². The molecule has 0 N–H and O–H groups in total. The molecule has 0 atom stereocenters. The number of aromatic nitrogens is 8. The van der Waals surface area contributed by atoms with Crippen molar-refractivity contribution in [2.24, 2.45) is 56.4 Å². The molecule has 0 aliphatic heterocycles. The molecule has 0 radical (unpaired) electrons. The Morgan fingerprint density at radius 2 is 0.292 bits per heavy atom. The summed E-state index contributed by atoms with van der Waals surface area (Å²) in [5, 5.41) is 66.4. The predicted octanol–water partition coefficient (Wildman–Crippen LogP) is -1.49. The average molecular weight is 1350 g/mol. The Labute approximate surface area is 561 Å². The first kappa shape index (κ1) is 80.0. The third kappa shape index (κ3) is 30.8. The van der Waals surface area contributed by atoms with E-state index in [0.717, 1.165) is 51.4 Å². The van der Waals surface area contributed by atoms with Crippen LogP contribution in [0.2, 0.25) is 0 Å². The fourth-order valence-electron chi connectivity index (χ4n) is 12.5. The van der Waals surface area contributed by atoms with Gasteiger partial charge in [-0.1, -0.05) is 0 Å². The van der Waals surface area contributed by atoms with Crippen molar-refractivity contribution in [3.05, 3.63) is 140 Å². The summed E-state index contributed by atoms with van der Waals surface area (Å²) < 4.78 is 97.3. The fourth-order valence-corrected chi connectivity index (χ4v) is 12.5. The van der Waals surface area contributed by atoms with Gasteiger partial charge in [-0.25, -0.2) is 36.2 Å². The number of fused-ring (bicyclic) bond motifs is 8. The van der Waals surface area contributed by atoms with Gasteiger partial charge in [-0.15, -0.1) is 0 Å². The third-order valence-electron chi connectivity index (χ3n) is 16.4. The second kappa shape index (κ2) is 42.9. The molecule has 8 aliphatic carbocycles. The van der Waals surface area contributed by atoms with Crippen LogP contribution >= 0.6 is 0 Å². The van der Waals surface area contributed by atoms with E-state index in [1.54, 1.807) is 37.9 Å². The molecule has 0 amide bonds. The monoisotopic (exact) mass is 1350 g/mol. The van der Waals surface area contributed by atoms with Crippen molar-refractivity contribution in [1.29, 1.82) is 0 Å². The molecule has 24 nitrogen and oxygen atoms in total. The van der Waals surface area contributed by atoms with Crippen LogP contribution in [0.3, 0.4) is 0 Å². The molecule has 0 aromatic carbocycles. The second-order valence-electron chi connectivity index (χ2n) is 24.5. The third-order valence-corrected chi connectivity index (χ3v) is 16.4. The maximum Gasteiger partial charge on any atom is 0.222 e. The van der Waals surface area contributed by atoms with Gasteiger partial charge in [0.2, 0.25) is 49.6 Å². The molecule has 528 valence electrons. The van der Waals surface area contributed by atoms with Gasteiger partial charge in [0.05, 0.1) is 44.5 Å². The van der Waals surface area contributed by atoms with Gasteiger partial charge in [-0.3, -0.25) is 0 Å². The maximum atomic E-state index is 9.89. The van der Waals surface area contributed by atoms with Crippen LogP contribution in [0.15, 0.2) is 85.8 Å². The Morgan fingerprint density at radius 1 is 0.208 bits per heavy atom. The number of hydrogen-bond acceptors (Lipinski definition) is 16. The van der Waals surface area contributed by atoms with Crippen molar-refractivity contribution in [2.45, 2.75) is 205 Å². The standard InChI is InChI=1S/8C8H12NO.4BFO2/c8*1-9-6-7-4-2-3-5-8(7)10-9;4*2-1(3)4/h8*6H,2-5H2,1H3;;;;/q8*+1;4*-2. The van der Waals surface area contributed by atoms with Crippen LogP contribution in [0.25, 0.3) is 0 Å². The van der Waals surface area contributed by atoms with Crippen LogP contribution in [0.4, 0.5) is 17.3 Å². The molecule has 8 aromatic heterocycles. The van der Waals surface area contributed by atoms with E-state index in [0.29, 0.717) is 0 Å². The summed E-state index contributed by atoms with van der Waals surface area (Å²) in [5.41, 5.74) is 11.3. The minimum Gasteiger partial charge on any atom is -0.867 e. The first-order valence-electron chi connectivity index (χ1n) is 33.5. The molecular formula is C64H96B4F4N8O16. The molecule has 0 unspecified atom stereocenters. The van der Waals surface area contributed by atoms with Crippen LogP contribution in [0.5, 0.6) is 0 Å². The lowest BCUT2D eigenvalue weighted by molar-refractivity contribution is -0.846. The normalized spacial score (nSPS) is 15.2. The van der Waals surface area contributed by atoms with E-state index >= 15 is 0 Å². The van der Waals surface area contributed by atoms with E-state index in [-0.39, 0.29) is 0 Å². The Kier molecular flexibility index (Phi) is 35.8. The SMILES string of the molecule is C[n+]1cc2c(o1)CCCC2.C[n+]1cc2c(o1)CCCC2.C[n+]1cc2c(o1)CCCC2.C[n+]1cc2c(o1)CCCC2.C[n+]1cc2c(o1)CCCC2.C[n+]1cc2c(o1)CCCC2.C[n+]1cc2c(o1)CCCC2.C[n+]1cc2c(o1)CCCC2.[O-]B([O-])F.[O-]B([O-])F.[O-]B([O-])F.[O-]B([O-])F. The molecule has 0 fully saturated rings. The van der Waals surface area contributed by atoms with Crippen LogP contribution in [0.1, 0.15) is 193 Å². The summed E-state index contributed by atoms with van der Waals surface area (Å²) in [4.78, 5) is 0. The van der Waals surface area contributed by atoms with E-state index in [4.69, 9.17) is 76.4 Å².